The van der Waals surface area contributed by atoms with E-state index in [-0.39, 0.29) is 12.2 Å². The Kier molecular flexibility index (Phi) is 9.30. The molecule has 6 nitrogen and oxygen atoms in total. The maximum Gasteiger partial charge on any atom is 0.410 e. The number of hydrogen-bond acceptors (Lipinski definition) is 4. The number of unbranched alkanes of at least 4 members (excludes halogenated alkanes) is 2. The average molecular weight is 476 g/mol. The molecular weight excluding hydrogens is 442 g/mol. The molecule has 6 heteroatoms. The van der Waals surface area contributed by atoms with E-state index in [2.05, 4.69) is 48.5 Å². The highest BCUT2D eigenvalue weighted by atomic mass is 16.5. The molecule has 35 heavy (non-hydrogen) atoms. The van der Waals surface area contributed by atoms with Crippen LogP contribution < -0.4 is 0 Å². The number of phenolic OH excluding ortho intramolecular Hbond substituents is 1. The topological polar surface area (TPSA) is 87.1 Å². The summed E-state index contributed by atoms with van der Waals surface area (Å²) in [6, 6.07) is 22.6. The second-order valence-corrected chi connectivity index (χ2v) is 8.59. The van der Waals surface area contributed by atoms with Gasteiger partial charge in [-0.2, -0.15) is 0 Å². The van der Waals surface area contributed by atoms with Gasteiger partial charge in [-0.25, -0.2) is 9.59 Å². The minimum Gasteiger partial charge on any atom is -0.508 e. The van der Waals surface area contributed by atoms with Crippen LogP contribution in [-0.2, 0) is 22.4 Å². The molecule has 0 saturated carbocycles. The van der Waals surface area contributed by atoms with E-state index >= 15 is 0 Å². The summed E-state index contributed by atoms with van der Waals surface area (Å²) in [6.45, 7) is 2.38. The van der Waals surface area contributed by atoms with Gasteiger partial charge in [0.2, 0.25) is 0 Å². The molecule has 0 heterocycles. The molecule has 4 rings (SSSR count). The van der Waals surface area contributed by atoms with Gasteiger partial charge in [-0.1, -0.05) is 80.4 Å². The van der Waals surface area contributed by atoms with Crippen LogP contribution in [0, 0.1) is 0 Å². The Hall–Kier alpha value is -3.80. The summed E-state index contributed by atoms with van der Waals surface area (Å²) in [6.07, 6.45) is 3.25. The summed E-state index contributed by atoms with van der Waals surface area (Å²) in [4.78, 5) is 24.7. The number of benzene rings is 3. The highest BCUT2D eigenvalue weighted by molar-refractivity contribution is 5.80. The molecule has 3 aromatic carbocycles. The third-order valence-electron chi connectivity index (χ3n) is 6.14. The molecule has 0 aliphatic heterocycles. The van der Waals surface area contributed by atoms with E-state index in [1.54, 1.807) is 12.1 Å². The number of aliphatic carboxylic acids is 1. The van der Waals surface area contributed by atoms with E-state index in [0.717, 1.165) is 31.2 Å². The van der Waals surface area contributed by atoms with Crippen molar-refractivity contribution in [3.05, 3.63) is 89.5 Å². The molecule has 1 amide bonds. The molecule has 1 unspecified atom stereocenters. The standard InChI is InChI=1S/C16H23NO5.C13H10/c1-3-4-5-10-17(16(21)22-2)14(15(19)20)11-12-6-8-13(18)9-7-12;1-3-7-12-10(5-1)9-11-6-2-4-8-13(11)12/h6-9,14,18H,3-5,10-11H2,1-2H3,(H,19,20);1-8H,9H2. The highest BCUT2D eigenvalue weighted by Crippen LogP contribution is 2.35. The monoisotopic (exact) mass is 475 g/mol. The number of carboxylic acid groups (broad SMARTS) is 1. The predicted molar refractivity (Wildman–Crippen MR) is 137 cm³/mol. The van der Waals surface area contributed by atoms with Crippen molar-refractivity contribution in [2.24, 2.45) is 0 Å². The van der Waals surface area contributed by atoms with Gasteiger partial charge in [0.15, 0.2) is 0 Å². The Morgan fingerprint density at radius 1 is 0.914 bits per heavy atom. The number of ether oxygens (including phenoxy) is 1. The van der Waals surface area contributed by atoms with E-state index in [0.29, 0.717) is 6.54 Å². The molecule has 0 fully saturated rings. The molecule has 0 saturated heterocycles. The molecule has 3 aromatic rings. The molecule has 1 aliphatic rings. The fourth-order valence-electron chi connectivity index (χ4n) is 4.29. The maximum atomic E-state index is 11.9. The quantitative estimate of drug-likeness (QED) is 0.310. The van der Waals surface area contributed by atoms with E-state index in [9.17, 15) is 19.8 Å². The minimum absolute atomic E-state index is 0.114. The first-order valence-electron chi connectivity index (χ1n) is 12.0. The lowest BCUT2D eigenvalue weighted by Gasteiger charge is -2.27. The van der Waals surface area contributed by atoms with Crippen LogP contribution in [0.5, 0.6) is 5.75 Å². The van der Waals surface area contributed by atoms with Gasteiger partial charge in [-0.3, -0.25) is 4.90 Å². The second kappa shape index (κ2) is 12.6. The van der Waals surface area contributed by atoms with Crippen LogP contribution in [0.15, 0.2) is 72.8 Å². The van der Waals surface area contributed by atoms with Crippen molar-refractivity contribution in [3.63, 3.8) is 0 Å². The van der Waals surface area contributed by atoms with Gasteiger partial charge >= 0.3 is 12.1 Å². The van der Waals surface area contributed by atoms with Gasteiger partial charge in [-0.15, -0.1) is 0 Å². The predicted octanol–water partition coefficient (Wildman–Crippen LogP) is 5.90. The van der Waals surface area contributed by atoms with Gasteiger partial charge in [0.1, 0.15) is 11.8 Å². The number of fused-ring (bicyclic) bond motifs is 3. The summed E-state index contributed by atoms with van der Waals surface area (Å²) >= 11 is 0. The zero-order valence-electron chi connectivity index (χ0n) is 20.3. The van der Waals surface area contributed by atoms with E-state index in [1.807, 2.05) is 6.92 Å². The van der Waals surface area contributed by atoms with Crippen molar-refractivity contribution in [1.82, 2.24) is 4.90 Å². The fraction of sp³-hybridized carbons (Fsp3) is 0.310. The first-order valence-corrected chi connectivity index (χ1v) is 12.0. The number of carbonyl (C=O) groups is 2. The van der Waals surface area contributed by atoms with E-state index in [4.69, 9.17) is 4.74 Å². The van der Waals surface area contributed by atoms with Crippen LogP contribution in [0.1, 0.15) is 42.9 Å². The summed E-state index contributed by atoms with van der Waals surface area (Å²) in [5, 5.41) is 18.7. The van der Waals surface area contributed by atoms with Crippen LogP contribution in [0.25, 0.3) is 11.1 Å². The van der Waals surface area contributed by atoms with Crippen molar-refractivity contribution >= 4 is 12.1 Å². The van der Waals surface area contributed by atoms with Crippen LogP contribution >= 0.6 is 0 Å². The molecule has 0 aromatic heterocycles. The Morgan fingerprint density at radius 2 is 1.49 bits per heavy atom. The number of rotatable bonds is 8. The number of hydrogen-bond donors (Lipinski definition) is 2. The van der Waals surface area contributed by atoms with Gasteiger partial charge in [0.25, 0.3) is 0 Å². The summed E-state index contributed by atoms with van der Waals surface area (Å²) in [7, 11) is 1.24. The number of phenols is 1. The lowest BCUT2D eigenvalue weighted by Crippen LogP contribution is -2.46. The number of carboxylic acids is 1. The number of amides is 1. The van der Waals surface area contributed by atoms with Gasteiger partial charge in [0, 0.05) is 13.0 Å². The third kappa shape index (κ3) is 6.85. The van der Waals surface area contributed by atoms with Crippen LogP contribution in [0.4, 0.5) is 4.79 Å². The average Bonchev–Trinajstić information content (AvgIpc) is 3.25. The van der Waals surface area contributed by atoms with Crippen molar-refractivity contribution in [3.8, 4) is 16.9 Å². The van der Waals surface area contributed by atoms with Crippen molar-refractivity contribution in [2.45, 2.75) is 45.1 Å². The van der Waals surface area contributed by atoms with Crippen molar-refractivity contribution < 1.29 is 24.5 Å². The normalized spacial score (nSPS) is 11.9. The summed E-state index contributed by atoms with van der Waals surface area (Å²) in [5.74, 6) is -0.960. The largest absolute Gasteiger partial charge is 0.508 e. The highest BCUT2D eigenvalue weighted by Gasteiger charge is 2.30. The van der Waals surface area contributed by atoms with Gasteiger partial charge < -0.3 is 14.9 Å². The first-order chi connectivity index (χ1) is 16.9. The van der Waals surface area contributed by atoms with E-state index < -0.39 is 18.1 Å². The maximum absolute atomic E-state index is 11.9. The first kappa shape index (κ1) is 25.8. The van der Waals surface area contributed by atoms with Gasteiger partial charge in [-0.05, 0) is 52.8 Å². The van der Waals surface area contributed by atoms with Crippen LogP contribution in [0.3, 0.4) is 0 Å². The summed E-state index contributed by atoms with van der Waals surface area (Å²) < 4.78 is 4.71. The molecular formula is C29H33NO5. The van der Waals surface area contributed by atoms with Gasteiger partial charge in [0.05, 0.1) is 7.11 Å². The molecule has 0 radical (unpaired) electrons. The second-order valence-electron chi connectivity index (χ2n) is 8.59. The fourth-order valence-corrected chi connectivity index (χ4v) is 4.29. The Bertz CT molecular complexity index is 1080. The third-order valence-corrected chi connectivity index (χ3v) is 6.14. The zero-order valence-corrected chi connectivity index (χ0v) is 20.3. The molecule has 1 atom stereocenters. The number of methoxy groups -OCH3 is 1. The molecule has 2 N–H and O–H groups in total. The minimum atomic E-state index is -1.07. The molecule has 0 bridgehead atoms. The smallest absolute Gasteiger partial charge is 0.410 e. The molecule has 1 aliphatic carbocycles. The van der Waals surface area contributed by atoms with Crippen LogP contribution in [-0.4, -0.2) is 46.9 Å². The zero-order chi connectivity index (χ0) is 25.2. The molecule has 184 valence electrons. The van der Waals surface area contributed by atoms with Crippen molar-refractivity contribution in [2.75, 3.05) is 13.7 Å². The summed E-state index contributed by atoms with van der Waals surface area (Å²) in [5.41, 5.74) is 6.48. The Balaban J connectivity index is 0.000000220. The Labute approximate surface area is 206 Å². The van der Waals surface area contributed by atoms with Crippen molar-refractivity contribution in [1.29, 1.82) is 0 Å². The molecule has 0 spiro atoms. The van der Waals surface area contributed by atoms with E-state index in [1.165, 1.54) is 46.4 Å². The number of nitrogens with zero attached hydrogens (tertiary/aromatic N) is 1. The van der Waals surface area contributed by atoms with Crippen LogP contribution in [0.2, 0.25) is 0 Å². The lowest BCUT2D eigenvalue weighted by atomic mass is 10.0. The lowest BCUT2D eigenvalue weighted by molar-refractivity contribution is -0.142. The number of carbonyl (C=O) groups excluding carboxylic acids is 1. The SMILES string of the molecule is CCCCCN(C(=O)OC)C(Cc1ccc(O)cc1)C(=O)O.c1ccc2c(c1)Cc1ccccc1-2. The Morgan fingerprint density at radius 3 is 2.00 bits per heavy atom. The number of aromatic hydroxyl groups is 1.